The van der Waals surface area contributed by atoms with E-state index in [1.807, 2.05) is 13.8 Å². The molecule has 6 nitrogen and oxygen atoms in total. The zero-order valence-corrected chi connectivity index (χ0v) is 12.9. The van der Waals surface area contributed by atoms with Gasteiger partial charge in [0.25, 0.3) is 0 Å². The van der Waals surface area contributed by atoms with Gasteiger partial charge in [0.05, 0.1) is 11.3 Å². The van der Waals surface area contributed by atoms with Gasteiger partial charge in [0.15, 0.2) is 5.82 Å². The average Bonchev–Trinajstić information content (AvgIpc) is 2.72. The number of aromatic nitrogens is 3. The molecule has 0 radical (unpaired) electrons. The van der Waals surface area contributed by atoms with E-state index in [1.54, 1.807) is 6.20 Å². The molecule has 2 aromatic rings. The number of anilines is 1. The van der Waals surface area contributed by atoms with Crippen molar-refractivity contribution in [1.82, 2.24) is 14.5 Å². The first kappa shape index (κ1) is 14.8. The Morgan fingerprint density at radius 1 is 1.40 bits per heavy atom. The summed E-state index contributed by atoms with van der Waals surface area (Å²) in [6.07, 6.45) is 4.32. The van der Waals surface area contributed by atoms with Gasteiger partial charge in [-0.3, -0.25) is 0 Å². The average molecular weight is 296 g/mol. The zero-order chi connectivity index (χ0) is 14.9. The molecule has 0 fully saturated rings. The Balaban J connectivity index is 2.43. The Morgan fingerprint density at radius 3 is 2.70 bits per heavy atom. The van der Waals surface area contributed by atoms with Gasteiger partial charge in [-0.2, -0.15) is 0 Å². The number of fused-ring (bicyclic) bond motifs is 1. The standard InChI is InChI=1S/C13H20N4O2S/c1-4-10-16-11-12(9(2)8-15-13(11)14)17(10)6-5-7-20(3,18)19/h8H,4-7H2,1-3H3,(H2,14,15). The van der Waals surface area contributed by atoms with Gasteiger partial charge in [-0.25, -0.2) is 18.4 Å². The number of nitrogens with two attached hydrogens (primary N) is 1. The number of sulfone groups is 1. The molecule has 2 rings (SSSR count). The van der Waals surface area contributed by atoms with Crippen molar-refractivity contribution in [1.29, 1.82) is 0 Å². The molecule has 0 aliphatic carbocycles. The second kappa shape index (κ2) is 5.40. The molecule has 2 aromatic heterocycles. The van der Waals surface area contributed by atoms with Crippen LogP contribution in [0.4, 0.5) is 5.82 Å². The van der Waals surface area contributed by atoms with Crippen molar-refractivity contribution in [3.63, 3.8) is 0 Å². The lowest BCUT2D eigenvalue weighted by Gasteiger charge is -2.09. The summed E-state index contributed by atoms with van der Waals surface area (Å²) in [7, 11) is -2.94. The Bertz CT molecular complexity index is 734. The summed E-state index contributed by atoms with van der Waals surface area (Å²) >= 11 is 0. The molecule has 110 valence electrons. The van der Waals surface area contributed by atoms with Crippen LogP contribution in [0.15, 0.2) is 6.20 Å². The maximum Gasteiger partial charge on any atom is 0.151 e. The van der Waals surface area contributed by atoms with Gasteiger partial charge in [0.2, 0.25) is 0 Å². The lowest BCUT2D eigenvalue weighted by Crippen LogP contribution is -2.10. The van der Waals surface area contributed by atoms with Crippen molar-refractivity contribution in [2.45, 2.75) is 33.2 Å². The first-order valence-corrected chi connectivity index (χ1v) is 8.67. The molecule has 0 atom stereocenters. The molecule has 2 N–H and O–H groups in total. The lowest BCUT2D eigenvalue weighted by molar-refractivity contribution is 0.590. The third-order valence-corrected chi connectivity index (χ3v) is 4.30. The van der Waals surface area contributed by atoms with Crippen molar-refractivity contribution in [3.05, 3.63) is 17.6 Å². The van der Waals surface area contributed by atoms with Crippen LogP contribution in [-0.4, -0.2) is 35.0 Å². The Labute approximate surface area is 118 Å². The molecule has 0 aromatic carbocycles. The van der Waals surface area contributed by atoms with Gasteiger partial charge in [0.1, 0.15) is 21.2 Å². The Kier molecular flexibility index (Phi) is 3.99. The molecule has 0 aliphatic heterocycles. The largest absolute Gasteiger partial charge is 0.382 e. The van der Waals surface area contributed by atoms with Crippen LogP contribution in [0.3, 0.4) is 0 Å². The van der Waals surface area contributed by atoms with E-state index >= 15 is 0 Å². The Morgan fingerprint density at radius 2 is 2.10 bits per heavy atom. The predicted octanol–water partition coefficient (Wildman–Crippen LogP) is 1.32. The van der Waals surface area contributed by atoms with Crippen molar-refractivity contribution >= 4 is 26.7 Å². The molecular formula is C13H20N4O2S. The van der Waals surface area contributed by atoms with Gasteiger partial charge in [-0.05, 0) is 18.9 Å². The fraction of sp³-hybridized carbons (Fsp3) is 0.538. The van der Waals surface area contributed by atoms with Crippen LogP contribution in [0.5, 0.6) is 0 Å². The van der Waals surface area contributed by atoms with Crippen molar-refractivity contribution in [2.75, 3.05) is 17.7 Å². The highest BCUT2D eigenvalue weighted by atomic mass is 32.2. The molecule has 0 amide bonds. The minimum atomic E-state index is -2.94. The van der Waals surface area contributed by atoms with Gasteiger partial charge < -0.3 is 10.3 Å². The van der Waals surface area contributed by atoms with Gasteiger partial charge in [-0.1, -0.05) is 6.92 Å². The number of pyridine rings is 1. The molecule has 0 saturated carbocycles. The summed E-state index contributed by atoms with van der Waals surface area (Å²) in [5, 5.41) is 0. The fourth-order valence-electron chi connectivity index (χ4n) is 2.36. The van der Waals surface area contributed by atoms with Gasteiger partial charge >= 0.3 is 0 Å². The van der Waals surface area contributed by atoms with E-state index in [2.05, 4.69) is 14.5 Å². The van der Waals surface area contributed by atoms with E-state index in [4.69, 9.17) is 5.73 Å². The summed E-state index contributed by atoms with van der Waals surface area (Å²) in [6, 6.07) is 0. The fourth-order valence-corrected chi connectivity index (χ4v) is 3.02. The van der Waals surface area contributed by atoms with Gasteiger partial charge in [0, 0.05) is 25.4 Å². The number of nitrogens with zero attached hydrogens (tertiary/aromatic N) is 3. The maximum atomic E-state index is 11.2. The van der Waals surface area contributed by atoms with Crippen LogP contribution in [-0.2, 0) is 22.8 Å². The van der Waals surface area contributed by atoms with Crippen LogP contribution in [0.25, 0.3) is 11.0 Å². The van der Waals surface area contributed by atoms with E-state index < -0.39 is 9.84 Å². The van der Waals surface area contributed by atoms with E-state index in [0.717, 1.165) is 23.3 Å². The molecule has 0 bridgehead atoms. The Hall–Kier alpha value is -1.63. The topological polar surface area (TPSA) is 90.9 Å². The normalized spacial score (nSPS) is 12.2. The van der Waals surface area contributed by atoms with E-state index in [0.29, 0.717) is 24.3 Å². The molecule has 2 heterocycles. The third-order valence-electron chi connectivity index (χ3n) is 3.27. The second-order valence-corrected chi connectivity index (χ2v) is 7.30. The third kappa shape index (κ3) is 2.92. The maximum absolute atomic E-state index is 11.2. The number of nitrogen functional groups attached to an aromatic ring is 1. The summed E-state index contributed by atoms with van der Waals surface area (Å²) in [5.74, 6) is 1.51. The summed E-state index contributed by atoms with van der Waals surface area (Å²) < 4.78 is 24.6. The molecule has 0 aliphatic rings. The van der Waals surface area contributed by atoms with Crippen molar-refractivity contribution in [2.24, 2.45) is 0 Å². The lowest BCUT2D eigenvalue weighted by atomic mass is 10.2. The van der Waals surface area contributed by atoms with Gasteiger partial charge in [-0.15, -0.1) is 0 Å². The molecule has 7 heteroatoms. The second-order valence-electron chi connectivity index (χ2n) is 5.04. The van der Waals surface area contributed by atoms with Crippen LogP contribution < -0.4 is 5.73 Å². The smallest absolute Gasteiger partial charge is 0.151 e. The summed E-state index contributed by atoms with van der Waals surface area (Å²) in [4.78, 5) is 8.65. The monoisotopic (exact) mass is 296 g/mol. The van der Waals surface area contributed by atoms with Crippen LogP contribution in [0.1, 0.15) is 24.7 Å². The summed E-state index contributed by atoms with van der Waals surface area (Å²) in [6.45, 7) is 4.60. The number of rotatable bonds is 5. The van der Waals surface area contributed by atoms with Crippen LogP contribution >= 0.6 is 0 Å². The first-order valence-electron chi connectivity index (χ1n) is 6.61. The number of imidazole rings is 1. The highest BCUT2D eigenvalue weighted by molar-refractivity contribution is 7.90. The summed E-state index contributed by atoms with van der Waals surface area (Å²) in [5.41, 5.74) is 8.55. The van der Waals surface area contributed by atoms with Crippen LogP contribution in [0, 0.1) is 6.92 Å². The molecular weight excluding hydrogens is 276 g/mol. The van der Waals surface area contributed by atoms with Crippen molar-refractivity contribution in [3.8, 4) is 0 Å². The minimum Gasteiger partial charge on any atom is -0.382 e. The van der Waals surface area contributed by atoms with E-state index in [9.17, 15) is 8.42 Å². The molecule has 0 unspecified atom stereocenters. The molecule has 0 spiro atoms. The van der Waals surface area contributed by atoms with E-state index in [-0.39, 0.29) is 5.75 Å². The van der Waals surface area contributed by atoms with Crippen molar-refractivity contribution < 1.29 is 8.42 Å². The number of hydrogen-bond donors (Lipinski definition) is 1. The number of hydrogen-bond acceptors (Lipinski definition) is 5. The first-order chi connectivity index (χ1) is 9.33. The predicted molar refractivity (Wildman–Crippen MR) is 80.4 cm³/mol. The van der Waals surface area contributed by atoms with Crippen LogP contribution in [0.2, 0.25) is 0 Å². The highest BCUT2D eigenvalue weighted by Gasteiger charge is 2.15. The molecule has 20 heavy (non-hydrogen) atoms. The minimum absolute atomic E-state index is 0.176. The SMILES string of the molecule is CCc1nc2c(N)ncc(C)c2n1CCCS(C)(=O)=O. The van der Waals surface area contributed by atoms with E-state index in [1.165, 1.54) is 6.26 Å². The number of aryl methyl sites for hydroxylation is 3. The zero-order valence-electron chi connectivity index (χ0n) is 12.0. The molecule has 0 saturated heterocycles. The quantitative estimate of drug-likeness (QED) is 0.898. The highest BCUT2D eigenvalue weighted by Crippen LogP contribution is 2.24.